The van der Waals surface area contributed by atoms with E-state index in [1.165, 1.54) is 16.0 Å². The lowest BCUT2D eigenvalue weighted by Crippen LogP contribution is -3.09. The molecule has 0 radical (unpaired) electrons. The van der Waals surface area contributed by atoms with Crippen molar-refractivity contribution >= 4 is 11.9 Å². The van der Waals surface area contributed by atoms with Crippen molar-refractivity contribution in [3.8, 4) is 0 Å². The van der Waals surface area contributed by atoms with E-state index < -0.39 is 0 Å². The molecule has 1 heterocycles. The Bertz CT molecular complexity index is 554. The minimum atomic E-state index is -0.342. The number of rotatable bonds is 7. The highest BCUT2D eigenvalue weighted by atomic mass is 16.2. The molecule has 3 amide bonds. The zero-order chi connectivity index (χ0) is 17.0. The Morgan fingerprint density at radius 2 is 1.87 bits per heavy atom. The number of imide groups is 1. The van der Waals surface area contributed by atoms with Gasteiger partial charge in [0.25, 0.3) is 5.91 Å². The molecule has 0 bridgehead atoms. The molecule has 5 nitrogen and oxygen atoms in total. The summed E-state index contributed by atoms with van der Waals surface area (Å²) in [7, 11) is 2.00. The minimum absolute atomic E-state index is 0.0913. The van der Waals surface area contributed by atoms with E-state index in [1.54, 1.807) is 0 Å². The van der Waals surface area contributed by atoms with Crippen LogP contribution in [0.15, 0.2) is 24.3 Å². The average molecular weight is 318 g/mol. The lowest BCUT2D eigenvalue weighted by Gasteiger charge is -2.19. The highest BCUT2D eigenvalue weighted by molar-refractivity contribution is 6.03. The average Bonchev–Trinajstić information content (AvgIpc) is 2.76. The first kappa shape index (κ1) is 17.5. The number of hydrogen-bond donors (Lipinski definition) is 2. The number of quaternary nitrogens is 1. The molecule has 1 aromatic carbocycles. The van der Waals surface area contributed by atoms with Gasteiger partial charge in [0.1, 0.15) is 12.6 Å². The van der Waals surface area contributed by atoms with Gasteiger partial charge in [-0.05, 0) is 17.9 Å². The van der Waals surface area contributed by atoms with Crippen molar-refractivity contribution in [3.05, 3.63) is 35.4 Å². The Morgan fingerprint density at radius 3 is 2.43 bits per heavy atom. The van der Waals surface area contributed by atoms with Crippen LogP contribution >= 0.6 is 0 Å². The first-order chi connectivity index (χ1) is 10.9. The van der Waals surface area contributed by atoms with E-state index >= 15 is 0 Å². The van der Waals surface area contributed by atoms with E-state index in [0.29, 0.717) is 19.0 Å². The summed E-state index contributed by atoms with van der Waals surface area (Å²) in [5.74, 6) is 0.432. The smallest absolute Gasteiger partial charge is 0.326 e. The molecule has 0 saturated carbocycles. The molecule has 5 heteroatoms. The van der Waals surface area contributed by atoms with Crippen LogP contribution in [0.25, 0.3) is 0 Å². The molecule has 126 valence electrons. The Balaban J connectivity index is 1.92. The van der Waals surface area contributed by atoms with Gasteiger partial charge in [-0.25, -0.2) is 9.69 Å². The molecule has 2 N–H and O–H groups in total. The third-order valence-electron chi connectivity index (χ3n) is 4.26. The number of urea groups is 1. The van der Waals surface area contributed by atoms with E-state index in [-0.39, 0.29) is 18.0 Å². The van der Waals surface area contributed by atoms with E-state index in [1.807, 2.05) is 14.0 Å². The predicted molar refractivity (Wildman–Crippen MR) is 90.1 cm³/mol. The maximum atomic E-state index is 12.2. The SMILES string of the molecule is CCC[C@H]1NC(=O)N(C[NH+](C)Cc2ccc(C(C)C)cc2)C1=O. The van der Waals surface area contributed by atoms with Crippen LogP contribution in [0.3, 0.4) is 0 Å². The lowest BCUT2D eigenvalue weighted by molar-refractivity contribution is -0.901. The summed E-state index contributed by atoms with van der Waals surface area (Å²) in [4.78, 5) is 26.7. The van der Waals surface area contributed by atoms with Crippen molar-refractivity contribution in [1.29, 1.82) is 0 Å². The lowest BCUT2D eigenvalue weighted by atomic mass is 10.0. The highest BCUT2D eigenvalue weighted by Crippen LogP contribution is 2.14. The van der Waals surface area contributed by atoms with Crippen LogP contribution in [0.4, 0.5) is 4.79 Å². The van der Waals surface area contributed by atoms with Crippen molar-refractivity contribution in [2.75, 3.05) is 13.7 Å². The van der Waals surface area contributed by atoms with Crippen LogP contribution in [0.2, 0.25) is 0 Å². The van der Waals surface area contributed by atoms with Gasteiger partial charge in [-0.15, -0.1) is 0 Å². The molecule has 0 spiro atoms. The molecular weight excluding hydrogens is 290 g/mol. The first-order valence-electron chi connectivity index (χ1n) is 8.44. The topological polar surface area (TPSA) is 53.9 Å². The van der Waals surface area contributed by atoms with E-state index in [9.17, 15) is 9.59 Å². The predicted octanol–water partition coefficient (Wildman–Crippen LogP) is 1.50. The molecule has 1 aromatic rings. The van der Waals surface area contributed by atoms with Gasteiger partial charge in [0.15, 0.2) is 6.67 Å². The van der Waals surface area contributed by atoms with E-state index in [2.05, 4.69) is 43.4 Å². The molecular formula is C18H28N3O2+. The van der Waals surface area contributed by atoms with Crippen molar-refractivity contribution < 1.29 is 14.5 Å². The van der Waals surface area contributed by atoms with Gasteiger partial charge in [-0.3, -0.25) is 4.79 Å². The third-order valence-corrected chi connectivity index (χ3v) is 4.26. The van der Waals surface area contributed by atoms with Crippen LogP contribution in [-0.2, 0) is 11.3 Å². The third kappa shape index (κ3) is 4.32. The standard InChI is InChI=1S/C18H27N3O2/c1-5-6-16-17(22)21(18(23)19-16)12-20(4)11-14-7-9-15(10-8-14)13(2)3/h7-10,13,16H,5-6,11-12H2,1-4H3,(H,19,23)/p+1/t16-/m1/s1. The van der Waals surface area contributed by atoms with Crippen molar-refractivity contribution in [3.63, 3.8) is 0 Å². The summed E-state index contributed by atoms with van der Waals surface area (Å²) in [6.45, 7) is 7.55. The molecule has 2 atom stereocenters. The van der Waals surface area contributed by atoms with Gasteiger partial charge < -0.3 is 10.2 Å². The fourth-order valence-corrected chi connectivity index (χ4v) is 2.91. The van der Waals surface area contributed by atoms with Crippen molar-refractivity contribution in [2.24, 2.45) is 0 Å². The molecule has 1 fully saturated rings. The normalized spacial score (nSPS) is 19.3. The number of hydrogen-bond acceptors (Lipinski definition) is 2. The Labute approximate surface area is 138 Å². The Kier molecular flexibility index (Phi) is 5.77. The maximum Gasteiger partial charge on any atom is 0.329 e. The van der Waals surface area contributed by atoms with Crippen LogP contribution in [-0.4, -0.2) is 36.6 Å². The molecule has 23 heavy (non-hydrogen) atoms. The zero-order valence-electron chi connectivity index (χ0n) is 14.6. The van der Waals surface area contributed by atoms with Gasteiger partial charge >= 0.3 is 6.03 Å². The number of carbonyl (C=O) groups excluding carboxylic acids is 2. The Morgan fingerprint density at radius 1 is 1.22 bits per heavy atom. The number of nitrogens with zero attached hydrogens (tertiary/aromatic N) is 1. The molecule has 1 aliphatic heterocycles. The molecule has 1 aliphatic rings. The van der Waals surface area contributed by atoms with Gasteiger partial charge in [0.2, 0.25) is 0 Å². The van der Waals surface area contributed by atoms with Gasteiger partial charge in [-0.1, -0.05) is 51.5 Å². The quantitative estimate of drug-likeness (QED) is 0.749. The molecule has 1 saturated heterocycles. The van der Waals surface area contributed by atoms with Gasteiger partial charge in [0, 0.05) is 5.56 Å². The van der Waals surface area contributed by atoms with Gasteiger partial charge in [-0.2, -0.15) is 0 Å². The number of carbonyl (C=O) groups is 2. The maximum absolute atomic E-state index is 12.2. The molecule has 2 rings (SSSR count). The van der Waals surface area contributed by atoms with Gasteiger partial charge in [0.05, 0.1) is 7.05 Å². The second kappa shape index (κ2) is 7.59. The van der Waals surface area contributed by atoms with Crippen LogP contribution in [0, 0.1) is 0 Å². The van der Waals surface area contributed by atoms with Crippen molar-refractivity contribution in [2.45, 2.75) is 52.1 Å². The zero-order valence-corrected chi connectivity index (χ0v) is 14.6. The fraction of sp³-hybridized carbons (Fsp3) is 0.556. The summed E-state index contributed by atoms with van der Waals surface area (Å²) in [6, 6.07) is 7.96. The van der Waals surface area contributed by atoms with Crippen LogP contribution < -0.4 is 10.2 Å². The number of amides is 3. The molecule has 0 aromatic heterocycles. The summed E-state index contributed by atoms with van der Waals surface area (Å²) >= 11 is 0. The second-order valence-corrected chi connectivity index (χ2v) is 6.75. The van der Waals surface area contributed by atoms with E-state index in [0.717, 1.165) is 17.9 Å². The summed E-state index contributed by atoms with van der Waals surface area (Å²) < 4.78 is 0. The van der Waals surface area contributed by atoms with Crippen molar-refractivity contribution in [1.82, 2.24) is 10.2 Å². The summed E-state index contributed by atoms with van der Waals surface area (Å²) in [5.41, 5.74) is 2.53. The minimum Gasteiger partial charge on any atom is -0.326 e. The summed E-state index contributed by atoms with van der Waals surface area (Å²) in [5, 5.41) is 2.77. The Hall–Kier alpha value is -1.88. The number of benzene rings is 1. The monoisotopic (exact) mass is 318 g/mol. The molecule has 0 aliphatic carbocycles. The second-order valence-electron chi connectivity index (χ2n) is 6.75. The first-order valence-corrected chi connectivity index (χ1v) is 8.44. The highest BCUT2D eigenvalue weighted by Gasteiger charge is 2.38. The molecule has 1 unspecified atom stereocenters. The van der Waals surface area contributed by atoms with E-state index in [4.69, 9.17) is 0 Å². The largest absolute Gasteiger partial charge is 0.329 e. The summed E-state index contributed by atoms with van der Waals surface area (Å²) in [6.07, 6.45) is 1.59. The fourth-order valence-electron chi connectivity index (χ4n) is 2.91. The number of nitrogens with one attached hydrogen (secondary N) is 2. The van der Waals surface area contributed by atoms with Crippen LogP contribution in [0.5, 0.6) is 0 Å². The van der Waals surface area contributed by atoms with Crippen LogP contribution in [0.1, 0.15) is 50.7 Å².